The van der Waals surface area contributed by atoms with E-state index in [0.717, 1.165) is 107 Å². The fourth-order valence-corrected chi connectivity index (χ4v) is 9.65. The molecule has 0 bridgehead atoms. The Balaban J connectivity index is 0.835. The monoisotopic (exact) mass is 868 g/mol. The highest BCUT2D eigenvalue weighted by atomic mass is 35.5. The summed E-state index contributed by atoms with van der Waals surface area (Å²) < 4.78 is 5.84. The van der Waals surface area contributed by atoms with Crippen LogP contribution in [0.4, 0.5) is 34.5 Å². The third-order valence-electron chi connectivity index (χ3n) is 12.0. The number of para-hydroxylation sites is 1. The number of likely N-dealkylation sites (N-methyl/N-ethyl adjacent to an activating group) is 1. The van der Waals surface area contributed by atoms with Crippen molar-refractivity contribution in [3.63, 3.8) is 0 Å². The first kappa shape index (κ1) is 44.1. The van der Waals surface area contributed by atoms with Crippen LogP contribution in [-0.4, -0.2) is 136 Å². The molecule has 0 radical (unpaired) electrons. The molecule has 4 heterocycles. The van der Waals surface area contributed by atoms with Crippen LogP contribution < -0.4 is 41.1 Å². The highest BCUT2D eigenvalue weighted by Gasteiger charge is 2.32. The molecule has 1 atom stereocenters. The van der Waals surface area contributed by atoms with Crippen molar-refractivity contribution >= 4 is 77.4 Å². The van der Waals surface area contributed by atoms with Crippen LogP contribution in [0.3, 0.4) is 0 Å². The van der Waals surface area contributed by atoms with E-state index < -0.39 is 6.04 Å². The van der Waals surface area contributed by atoms with Crippen molar-refractivity contribution in [3.05, 3.63) is 83.5 Å². The van der Waals surface area contributed by atoms with Gasteiger partial charge in [-0.3, -0.25) is 14.5 Å². The molecule has 0 saturated carbocycles. The molecule has 1 aromatic heterocycles. The molecule has 3 aromatic carbocycles. The number of hydrogen-bond acceptors (Lipinski definition) is 12. The zero-order valence-electron chi connectivity index (χ0n) is 35.6. The number of carbonyl (C=O) groups excluding carboxylic acids is 3. The molecule has 3 aliphatic heterocycles. The van der Waals surface area contributed by atoms with E-state index in [1.807, 2.05) is 30.3 Å². The number of nitrogens with one attached hydrogen (secondary N) is 4. The SMILES string of the molecule is CNC(=O)C(CCC=O)NC(=O)c1ccc(N2CC(CN3CCN(C4CCN(c5ccc(Nc6ncc(Cl)c(Nc7ccccc7P(C)C)n6)c(OC)c5)CC4)CC3)C2)cc1. The number of piperidine rings is 1. The average Bonchev–Trinajstić information content (AvgIpc) is 3.27. The minimum Gasteiger partial charge on any atom is -0.494 e. The molecule has 7 rings (SSSR count). The van der Waals surface area contributed by atoms with E-state index in [-0.39, 0.29) is 32.6 Å². The Kier molecular flexibility index (Phi) is 15.0. The second-order valence-corrected chi connectivity index (χ2v) is 18.9. The number of amides is 2. The summed E-state index contributed by atoms with van der Waals surface area (Å²) in [5.74, 6) is 1.69. The molecule has 3 aliphatic rings. The molecular formula is C45H58ClN10O4P. The van der Waals surface area contributed by atoms with E-state index >= 15 is 0 Å². The molecule has 3 saturated heterocycles. The van der Waals surface area contributed by atoms with Crippen molar-refractivity contribution in [3.8, 4) is 5.75 Å². The standard InChI is InChI=1S/C45H58ClN10O4P/c1-47-44(59)39(9-7-25-57)50-43(58)32-11-13-33(14-12-32)56-29-31(30-56)28-53-21-23-55(24-22-53)34-17-19-54(20-18-34)35-15-16-37(40(26-35)60-2)51-45-48-27-36(46)42(52-45)49-38-8-5-6-10-41(38)61(3)4/h5-6,8,10-16,25-27,31,34,39H,7,9,17-24,28-30H2,1-4H3,(H,47,59)(H,50,58)(H2,48,49,51,52). The summed E-state index contributed by atoms with van der Waals surface area (Å²) in [6.07, 6.45) is 5.09. The van der Waals surface area contributed by atoms with E-state index in [2.05, 4.69) is 83.4 Å². The molecule has 61 heavy (non-hydrogen) atoms. The van der Waals surface area contributed by atoms with Gasteiger partial charge in [0.25, 0.3) is 5.91 Å². The lowest BCUT2D eigenvalue weighted by atomic mass is 9.97. The number of rotatable bonds is 17. The van der Waals surface area contributed by atoms with Crippen molar-refractivity contribution in [2.75, 3.05) is 107 Å². The number of anilines is 6. The van der Waals surface area contributed by atoms with E-state index in [1.165, 1.54) is 12.4 Å². The van der Waals surface area contributed by atoms with E-state index in [1.54, 1.807) is 25.4 Å². The van der Waals surface area contributed by atoms with E-state index in [0.29, 0.717) is 34.3 Å². The lowest BCUT2D eigenvalue weighted by molar-refractivity contribution is -0.122. The van der Waals surface area contributed by atoms with Crippen molar-refractivity contribution in [1.82, 2.24) is 30.4 Å². The first-order chi connectivity index (χ1) is 29.6. The quantitative estimate of drug-likeness (QED) is 0.0781. The lowest BCUT2D eigenvalue weighted by Gasteiger charge is -2.46. The first-order valence-electron chi connectivity index (χ1n) is 21.2. The number of methoxy groups -OCH3 is 1. The van der Waals surface area contributed by atoms with Gasteiger partial charge in [0, 0.05) is 113 Å². The number of halogens is 1. The van der Waals surface area contributed by atoms with Gasteiger partial charge < -0.3 is 45.5 Å². The molecule has 0 aliphatic carbocycles. The Morgan fingerprint density at radius 1 is 0.918 bits per heavy atom. The van der Waals surface area contributed by atoms with Gasteiger partial charge in [-0.2, -0.15) is 4.98 Å². The fraction of sp³-hybridized carbons (Fsp3) is 0.444. The second-order valence-electron chi connectivity index (χ2n) is 16.2. The van der Waals surface area contributed by atoms with Gasteiger partial charge in [0.1, 0.15) is 23.1 Å². The van der Waals surface area contributed by atoms with Crippen molar-refractivity contribution in [2.45, 2.75) is 37.8 Å². The van der Waals surface area contributed by atoms with Crippen LogP contribution in [0.2, 0.25) is 5.02 Å². The molecule has 16 heteroatoms. The Morgan fingerprint density at radius 2 is 1.64 bits per heavy atom. The summed E-state index contributed by atoms with van der Waals surface area (Å²) in [4.78, 5) is 55.0. The normalized spacial score (nSPS) is 17.1. The molecule has 4 aromatic rings. The van der Waals surface area contributed by atoms with Gasteiger partial charge in [-0.25, -0.2) is 4.98 Å². The smallest absolute Gasteiger partial charge is 0.251 e. The summed E-state index contributed by atoms with van der Waals surface area (Å²) in [6.45, 7) is 13.9. The van der Waals surface area contributed by atoms with Crippen LogP contribution in [0.15, 0.2) is 72.9 Å². The Labute approximate surface area is 365 Å². The van der Waals surface area contributed by atoms with Crippen LogP contribution >= 0.6 is 19.5 Å². The van der Waals surface area contributed by atoms with Gasteiger partial charge in [0.2, 0.25) is 11.9 Å². The molecule has 14 nitrogen and oxygen atoms in total. The third kappa shape index (κ3) is 11.1. The predicted molar refractivity (Wildman–Crippen MR) is 247 cm³/mol. The third-order valence-corrected chi connectivity index (χ3v) is 13.6. The molecular weight excluding hydrogens is 811 g/mol. The number of benzene rings is 3. The number of piperazine rings is 1. The molecule has 3 fully saturated rings. The van der Waals surface area contributed by atoms with E-state index in [4.69, 9.17) is 21.3 Å². The second kappa shape index (κ2) is 20.7. The molecule has 1 unspecified atom stereocenters. The van der Waals surface area contributed by atoms with Crippen LogP contribution in [0.25, 0.3) is 0 Å². The van der Waals surface area contributed by atoms with Crippen LogP contribution in [0.1, 0.15) is 36.0 Å². The zero-order chi connectivity index (χ0) is 42.9. The minimum absolute atomic E-state index is 0.204. The van der Waals surface area contributed by atoms with Gasteiger partial charge in [-0.1, -0.05) is 37.7 Å². The Morgan fingerprint density at radius 3 is 2.33 bits per heavy atom. The Hall–Kier alpha value is -5.01. The molecule has 0 spiro atoms. The van der Waals surface area contributed by atoms with Crippen molar-refractivity contribution < 1.29 is 19.1 Å². The molecule has 2 amide bonds. The van der Waals surface area contributed by atoms with Crippen LogP contribution in [-0.2, 0) is 9.59 Å². The van der Waals surface area contributed by atoms with Crippen LogP contribution in [0, 0.1) is 5.92 Å². The number of aromatic nitrogens is 2. The molecule has 324 valence electrons. The number of hydrogen-bond donors (Lipinski definition) is 4. The van der Waals surface area contributed by atoms with Crippen molar-refractivity contribution in [2.24, 2.45) is 5.92 Å². The first-order valence-corrected chi connectivity index (χ1v) is 23.8. The van der Waals surface area contributed by atoms with Gasteiger partial charge in [0.15, 0.2) is 5.82 Å². The Bertz CT molecular complexity index is 2120. The maximum absolute atomic E-state index is 12.8. The number of carbonyl (C=O) groups is 3. The topological polar surface area (TPSA) is 147 Å². The maximum Gasteiger partial charge on any atom is 0.251 e. The summed E-state index contributed by atoms with van der Waals surface area (Å²) in [6, 6.07) is 21.9. The van der Waals surface area contributed by atoms with Gasteiger partial charge in [-0.05, 0) is 80.4 Å². The van der Waals surface area contributed by atoms with Gasteiger partial charge >= 0.3 is 0 Å². The summed E-state index contributed by atoms with van der Waals surface area (Å²) in [7, 11) is 2.89. The summed E-state index contributed by atoms with van der Waals surface area (Å²) in [5.41, 5.74) is 4.51. The van der Waals surface area contributed by atoms with Gasteiger partial charge in [-0.15, -0.1) is 0 Å². The number of nitrogens with zero attached hydrogens (tertiary/aromatic N) is 6. The lowest BCUT2D eigenvalue weighted by Crippen LogP contribution is -2.57. The summed E-state index contributed by atoms with van der Waals surface area (Å²) in [5, 5.41) is 13.8. The number of aldehydes is 1. The summed E-state index contributed by atoms with van der Waals surface area (Å²) >= 11 is 6.53. The predicted octanol–water partition coefficient (Wildman–Crippen LogP) is 5.54. The average molecular weight is 869 g/mol. The molecule has 4 N–H and O–H groups in total. The highest BCUT2D eigenvalue weighted by molar-refractivity contribution is 7.64. The fourth-order valence-electron chi connectivity index (χ4n) is 8.52. The van der Waals surface area contributed by atoms with Gasteiger partial charge in [0.05, 0.1) is 19.0 Å². The largest absolute Gasteiger partial charge is 0.494 e. The van der Waals surface area contributed by atoms with Crippen LogP contribution in [0.5, 0.6) is 5.75 Å². The number of ether oxygens (including phenoxy) is 1. The van der Waals surface area contributed by atoms with E-state index in [9.17, 15) is 14.4 Å². The maximum atomic E-state index is 12.8. The minimum atomic E-state index is -0.742. The zero-order valence-corrected chi connectivity index (χ0v) is 37.2. The van der Waals surface area contributed by atoms with Crippen molar-refractivity contribution in [1.29, 1.82) is 0 Å². The highest BCUT2D eigenvalue weighted by Crippen LogP contribution is 2.35.